The summed E-state index contributed by atoms with van der Waals surface area (Å²) in [5.74, 6) is -1.04. The zero-order valence-electron chi connectivity index (χ0n) is 9.41. The van der Waals surface area contributed by atoms with E-state index in [0.29, 0.717) is 6.07 Å². The lowest BCUT2D eigenvalue weighted by molar-refractivity contribution is -0.137. The lowest BCUT2D eigenvalue weighted by Crippen LogP contribution is -2.30. The first-order valence-electron chi connectivity index (χ1n) is 5.23. The third-order valence-electron chi connectivity index (χ3n) is 2.36. The van der Waals surface area contributed by atoms with Gasteiger partial charge in [-0.05, 0) is 18.2 Å². The maximum atomic E-state index is 13.6. The van der Waals surface area contributed by atoms with Crippen LogP contribution in [0.2, 0.25) is 0 Å². The Morgan fingerprint density at radius 2 is 1.61 bits per heavy atom. The second kappa shape index (κ2) is 6.01. The van der Waals surface area contributed by atoms with E-state index in [1.807, 2.05) is 0 Å². The standard InChI is InChI=1S/C11H13F4NO2/c12-9-7-8(11(13,14)15)1-2-10(9)16(3-5-17)4-6-18/h1-2,7,17-18H,3-6H2. The first-order valence-corrected chi connectivity index (χ1v) is 5.23. The fourth-order valence-corrected chi connectivity index (χ4v) is 1.53. The number of hydrogen-bond acceptors (Lipinski definition) is 3. The summed E-state index contributed by atoms with van der Waals surface area (Å²) in [6.45, 7) is -0.521. The molecule has 0 aromatic heterocycles. The number of hydrogen-bond donors (Lipinski definition) is 2. The predicted octanol–water partition coefficient (Wildman–Crippen LogP) is 1.64. The van der Waals surface area contributed by atoms with E-state index in [1.165, 1.54) is 4.90 Å². The molecular formula is C11H13F4NO2. The van der Waals surface area contributed by atoms with Crippen molar-refractivity contribution in [1.82, 2.24) is 0 Å². The largest absolute Gasteiger partial charge is 0.416 e. The highest BCUT2D eigenvalue weighted by Crippen LogP contribution is 2.32. The number of aliphatic hydroxyl groups excluding tert-OH is 2. The van der Waals surface area contributed by atoms with E-state index in [4.69, 9.17) is 10.2 Å². The van der Waals surface area contributed by atoms with Crippen LogP contribution in [-0.4, -0.2) is 36.5 Å². The van der Waals surface area contributed by atoms with Gasteiger partial charge in [0.05, 0.1) is 24.5 Å². The van der Waals surface area contributed by atoms with E-state index in [0.717, 1.165) is 12.1 Å². The van der Waals surface area contributed by atoms with E-state index in [1.54, 1.807) is 0 Å². The van der Waals surface area contributed by atoms with Gasteiger partial charge < -0.3 is 15.1 Å². The summed E-state index contributed by atoms with van der Waals surface area (Å²) in [7, 11) is 0. The summed E-state index contributed by atoms with van der Waals surface area (Å²) in [6, 6.07) is 2.15. The van der Waals surface area contributed by atoms with Crippen molar-refractivity contribution in [2.24, 2.45) is 0 Å². The Hall–Kier alpha value is -1.34. The molecule has 1 aromatic rings. The van der Waals surface area contributed by atoms with Crippen molar-refractivity contribution in [3.63, 3.8) is 0 Å². The minimum absolute atomic E-state index is 0.0306. The molecule has 102 valence electrons. The average Bonchev–Trinajstić information content (AvgIpc) is 2.27. The van der Waals surface area contributed by atoms with Crippen LogP contribution >= 0.6 is 0 Å². The molecule has 18 heavy (non-hydrogen) atoms. The lowest BCUT2D eigenvalue weighted by atomic mass is 10.1. The molecule has 7 heteroatoms. The number of rotatable bonds is 5. The third kappa shape index (κ3) is 3.58. The minimum atomic E-state index is -4.60. The van der Waals surface area contributed by atoms with Crippen LogP contribution in [0.25, 0.3) is 0 Å². The molecule has 0 bridgehead atoms. The number of aliphatic hydroxyl groups is 2. The van der Waals surface area contributed by atoms with Gasteiger partial charge in [0.2, 0.25) is 0 Å². The molecule has 0 radical (unpaired) electrons. The molecular weight excluding hydrogens is 254 g/mol. The summed E-state index contributed by atoms with van der Waals surface area (Å²) in [4.78, 5) is 1.27. The third-order valence-corrected chi connectivity index (χ3v) is 2.36. The summed E-state index contributed by atoms with van der Waals surface area (Å²) in [5.41, 5.74) is -1.15. The van der Waals surface area contributed by atoms with Crippen LogP contribution < -0.4 is 4.90 Å². The quantitative estimate of drug-likeness (QED) is 0.797. The molecule has 1 rings (SSSR count). The van der Waals surface area contributed by atoms with Gasteiger partial charge in [-0.15, -0.1) is 0 Å². The number of nitrogens with zero attached hydrogens (tertiary/aromatic N) is 1. The van der Waals surface area contributed by atoms with Gasteiger partial charge in [-0.1, -0.05) is 0 Å². The normalized spacial score (nSPS) is 11.7. The summed E-state index contributed by atoms with van der Waals surface area (Å²) in [6.07, 6.45) is -4.60. The van der Waals surface area contributed by atoms with E-state index >= 15 is 0 Å². The maximum absolute atomic E-state index is 13.6. The molecule has 0 saturated heterocycles. The highest BCUT2D eigenvalue weighted by Gasteiger charge is 2.31. The molecule has 0 saturated carbocycles. The second-order valence-corrected chi connectivity index (χ2v) is 3.60. The van der Waals surface area contributed by atoms with E-state index < -0.39 is 17.6 Å². The summed E-state index contributed by atoms with van der Waals surface area (Å²) >= 11 is 0. The topological polar surface area (TPSA) is 43.7 Å². The molecule has 0 aliphatic carbocycles. The maximum Gasteiger partial charge on any atom is 0.416 e. The Morgan fingerprint density at radius 3 is 2.00 bits per heavy atom. The lowest BCUT2D eigenvalue weighted by Gasteiger charge is -2.23. The van der Waals surface area contributed by atoms with Gasteiger partial charge in [-0.25, -0.2) is 4.39 Å². The van der Waals surface area contributed by atoms with Crippen molar-refractivity contribution in [1.29, 1.82) is 0 Å². The Balaban J connectivity index is 3.03. The van der Waals surface area contributed by atoms with Crippen LogP contribution in [0.5, 0.6) is 0 Å². The van der Waals surface area contributed by atoms with Crippen molar-refractivity contribution >= 4 is 5.69 Å². The molecule has 2 N–H and O–H groups in total. The van der Waals surface area contributed by atoms with E-state index in [2.05, 4.69) is 0 Å². The molecule has 0 unspecified atom stereocenters. The first-order chi connectivity index (χ1) is 8.40. The molecule has 0 spiro atoms. The Bertz CT molecular complexity index is 389. The second-order valence-electron chi connectivity index (χ2n) is 3.60. The van der Waals surface area contributed by atoms with Crippen molar-refractivity contribution in [3.05, 3.63) is 29.6 Å². The monoisotopic (exact) mass is 267 g/mol. The van der Waals surface area contributed by atoms with E-state index in [-0.39, 0.29) is 32.0 Å². The fourth-order valence-electron chi connectivity index (χ4n) is 1.53. The van der Waals surface area contributed by atoms with Crippen molar-refractivity contribution in [2.75, 3.05) is 31.2 Å². The van der Waals surface area contributed by atoms with Crippen LogP contribution in [0, 0.1) is 5.82 Å². The molecule has 1 aromatic carbocycles. The number of benzene rings is 1. The summed E-state index contributed by atoms with van der Waals surface area (Å²) in [5, 5.41) is 17.5. The van der Waals surface area contributed by atoms with Gasteiger partial charge in [0.25, 0.3) is 0 Å². The van der Waals surface area contributed by atoms with Gasteiger partial charge in [0, 0.05) is 13.1 Å². The van der Waals surface area contributed by atoms with Crippen LogP contribution in [0.15, 0.2) is 18.2 Å². The van der Waals surface area contributed by atoms with Crippen LogP contribution in [0.1, 0.15) is 5.56 Å². The van der Waals surface area contributed by atoms with Gasteiger partial charge in [-0.2, -0.15) is 13.2 Å². The molecule has 0 aliphatic rings. The van der Waals surface area contributed by atoms with E-state index in [9.17, 15) is 17.6 Å². The van der Waals surface area contributed by atoms with Crippen molar-refractivity contribution < 1.29 is 27.8 Å². The fraction of sp³-hybridized carbons (Fsp3) is 0.455. The SMILES string of the molecule is OCCN(CCO)c1ccc(C(F)(F)F)cc1F. The Kier molecular flexibility index (Phi) is 4.92. The van der Waals surface area contributed by atoms with Gasteiger partial charge in [0.15, 0.2) is 0 Å². The molecule has 0 amide bonds. The number of anilines is 1. The molecule has 0 heterocycles. The summed E-state index contributed by atoms with van der Waals surface area (Å²) < 4.78 is 50.6. The van der Waals surface area contributed by atoms with Crippen molar-refractivity contribution in [3.8, 4) is 0 Å². The van der Waals surface area contributed by atoms with Crippen LogP contribution in [0.3, 0.4) is 0 Å². The molecule has 3 nitrogen and oxygen atoms in total. The zero-order chi connectivity index (χ0) is 13.8. The molecule has 0 fully saturated rings. The first kappa shape index (κ1) is 14.7. The van der Waals surface area contributed by atoms with Crippen LogP contribution in [0.4, 0.5) is 23.2 Å². The average molecular weight is 267 g/mol. The van der Waals surface area contributed by atoms with Gasteiger partial charge >= 0.3 is 6.18 Å². The Morgan fingerprint density at radius 1 is 1.06 bits per heavy atom. The van der Waals surface area contributed by atoms with Crippen LogP contribution in [-0.2, 0) is 6.18 Å². The smallest absolute Gasteiger partial charge is 0.395 e. The highest BCUT2D eigenvalue weighted by molar-refractivity contribution is 5.49. The Labute approximate surface area is 101 Å². The highest BCUT2D eigenvalue weighted by atomic mass is 19.4. The minimum Gasteiger partial charge on any atom is -0.395 e. The number of halogens is 4. The molecule has 0 atom stereocenters. The van der Waals surface area contributed by atoms with Crippen molar-refractivity contribution in [2.45, 2.75) is 6.18 Å². The molecule has 0 aliphatic heterocycles. The zero-order valence-corrected chi connectivity index (χ0v) is 9.41. The van der Waals surface area contributed by atoms with Gasteiger partial charge in [-0.3, -0.25) is 0 Å². The predicted molar refractivity (Wildman–Crippen MR) is 57.8 cm³/mol. The van der Waals surface area contributed by atoms with Gasteiger partial charge in [0.1, 0.15) is 5.82 Å². The number of alkyl halides is 3.